The molecule has 2 rings (SSSR count). The first-order valence-electron chi connectivity index (χ1n) is 8.21. The summed E-state index contributed by atoms with van der Waals surface area (Å²) in [5, 5.41) is 8.30. The Kier molecular flexibility index (Phi) is 7.20. The molecular weight excluding hydrogens is 330 g/mol. The lowest BCUT2D eigenvalue weighted by Gasteiger charge is -2.27. The van der Waals surface area contributed by atoms with E-state index in [0.29, 0.717) is 18.6 Å². The van der Waals surface area contributed by atoms with Crippen LogP contribution in [0.2, 0.25) is 0 Å². The van der Waals surface area contributed by atoms with E-state index in [2.05, 4.69) is 38.0 Å². The summed E-state index contributed by atoms with van der Waals surface area (Å²) in [5.41, 5.74) is 1.35. The highest BCUT2D eigenvalue weighted by Crippen LogP contribution is 2.35. The molecule has 1 aromatic heterocycles. The molecule has 0 aromatic carbocycles. The maximum atomic E-state index is 5.22. The summed E-state index contributed by atoms with van der Waals surface area (Å²) in [7, 11) is 1.75. The molecule has 1 heterocycles. The highest BCUT2D eigenvalue weighted by Gasteiger charge is 2.29. The second-order valence-electron chi connectivity index (χ2n) is 5.90. The number of hydrogen-bond acceptors (Lipinski definition) is 3. The minimum atomic E-state index is 0.549. The summed E-state index contributed by atoms with van der Waals surface area (Å²) >= 11 is 3.71. The summed E-state index contributed by atoms with van der Waals surface area (Å²) in [4.78, 5) is 0. The molecule has 2 unspecified atom stereocenters. The molecule has 0 spiro atoms. The van der Waals surface area contributed by atoms with Gasteiger partial charge in [0, 0.05) is 19.1 Å². The molecule has 0 bridgehead atoms. The normalized spacial score (nSPS) is 23.2. The Hall–Kier alpha value is -0.390. The van der Waals surface area contributed by atoms with Crippen LogP contribution in [0.4, 0.5) is 0 Å². The highest BCUT2D eigenvalue weighted by molar-refractivity contribution is 9.10. The van der Waals surface area contributed by atoms with Gasteiger partial charge in [-0.05, 0) is 41.7 Å². The summed E-state index contributed by atoms with van der Waals surface area (Å²) in [6.07, 6.45) is 9.65. The number of ether oxygens (including phenoxy) is 1. The predicted octanol–water partition coefficient (Wildman–Crippen LogP) is 3.71. The second kappa shape index (κ2) is 8.91. The molecule has 0 saturated heterocycles. The molecule has 0 aliphatic heterocycles. The molecular formula is C16H28BrN3O. The quantitative estimate of drug-likeness (QED) is 0.756. The fourth-order valence-corrected chi connectivity index (χ4v) is 3.90. The molecule has 21 heavy (non-hydrogen) atoms. The number of nitrogens with one attached hydrogen (secondary N) is 1. The standard InChI is InChI=1S/C16H28BrN3O/c1-3-9-18-15-8-6-4-5-7-13(15)16-14(17)12-19-20(16)10-11-21-2/h12-13,15,18H,3-11H2,1-2H3. The van der Waals surface area contributed by atoms with E-state index in [0.717, 1.165) is 17.6 Å². The number of aromatic nitrogens is 2. The Morgan fingerprint density at radius 2 is 2.19 bits per heavy atom. The average Bonchev–Trinajstić information content (AvgIpc) is 2.71. The number of rotatable bonds is 7. The van der Waals surface area contributed by atoms with Gasteiger partial charge in [0.15, 0.2) is 0 Å². The van der Waals surface area contributed by atoms with Gasteiger partial charge in [-0.1, -0.05) is 26.2 Å². The number of hydrogen-bond donors (Lipinski definition) is 1. The second-order valence-corrected chi connectivity index (χ2v) is 6.75. The van der Waals surface area contributed by atoms with Crippen molar-refractivity contribution in [3.63, 3.8) is 0 Å². The smallest absolute Gasteiger partial charge is 0.0658 e. The molecule has 1 N–H and O–H groups in total. The maximum Gasteiger partial charge on any atom is 0.0658 e. The molecule has 1 aromatic rings. The number of nitrogens with zero attached hydrogens (tertiary/aromatic N) is 2. The first kappa shape index (κ1) is 17.0. The topological polar surface area (TPSA) is 39.1 Å². The van der Waals surface area contributed by atoms with Crippen molar-refractivity contribution in [1.29, 1.82) is 0 Å². The van der Waals surface area contributed by atoms with E-state index in [1.807, 2.05) is 6.20 Å². The van der Waals surface area contributed by atoms with E-state index < -0.39 is 0 Å². The largest absolute Gasteiger partial charge is 0.383 e. The van der Waals surface area contributed by atoms with Crippen molar-refractivity contribution in [1.82, 2.24) is 15.1 Å². The van der Waals surface area contributed by atoms with Gasteiger partial charge in [0.25, 0.3) is 0 Å². The van der Waals surface area contributed by atoms with Crippen LogP contribution in [0.5, 0.6) is 0 Å². The first-order valence-corrected chi connectivity index (χ1v) is 9.00. The average molecular weight is 358 g/mol. The van der Waals surface area contributed by atoms with E-state index in [-0.39, 0.29) is 0 Å². The zero-order valence-electron chi connectivity index (χ0n) is 13.3. The lowest BCUT2D eigenvalue weighted by atomic mass is 9.91. The molecule has 0 radical (unpaired) electrons. The van der Waals surface area contributed by atoms with Gasteiger partial charge in [-0.2, -0.15) is 5.10 Å². The summed E-state index contributed by atoms with van der Waals surface area (Å²) < 4.78 is 8.50. The van der Waals surface area contributed by atoms with Crippen molar-refractivity contribution in [2.24, 2.45) is 0 Å². The van der Waals surface area contributed by atoms with Crippen molar-refractivity contribution in [2.45, 2.75) is 64.0 Å². The summed E-state index contributed by atoms with van der Waals surface area (Å²) in [5.74, 6) is 0.549. The van der Waals surface area contributed by atoms with Crippen LogP contribution < -0.4 is 5.32 Å². The molecule has 1 fully saturated rings. The first-order chi connectivity index (χ1) is 10.3. The van der Waals surface area contributed by atoms with Crippen LogP contribution in [0, 0.1) is 0 Å². The van der Waals surface area contributed by atoms with E-state index >= 15 is 0 Å². The lowest BCUT2D eigenvalue weighted by molar-refractivity contribution is 0.181. The molecule has 4 nitrogen and oxygen atoms in total. The molecule has 0 amide bonds. The van der Waals surface area contributed by atoms with Crippen LogP contribution in [0.3, 0.4) is 0 Å². The van der Waals surface area contributed by atoms with Crippen LogP contribution in [-0.2, 0) is 11.3 Å². The van der Waals surface area contributed by atoms with Gasteiger partial charge in [0.2, 0.25) is 0 Å². The van der Waals surface area contributed by atoms with Crippen LogP contribution in [0.1, 0.15) is 57.1 Å². The van der Waals surface area contributed by atoms with Crippen molar-refractivity contribution in [3.8, 4) is 0 Å². The molecule has 1 aliphatic rings. The Morgan fingerprint density at radius 3 is 2.95 bits per heavy atom. The fourth-order valence-electron chi connectivity index (χ4n) is 3.31. The highest BCUT2D eigenvalue weighted by atomic mass is 79.9. The number of halogens is 1. The van der Waals surface area contributed by atoms with E-state index in [4.69, 9.17) is 4.74 Å². The minimum absolute atomic E-state index is 0.549. The molecule has 120 valence electrons. The number of methoxy groups -OCH3 is 1. The van der Waals surface area contributed by atoms with E-state index in [1.54, 1.807) is 7.11 Å². The maximum absolute atomic E-state index is 5.22. The fraction of sp³-hybridized carbons (Fsp3) is 0.812. The Balaban J connectivity index is 2.20. The van der Waals surface area contributed by atoms with Gasteiger partial charge in [-0.25, -0.2) is 0 Å². The zero-order chi connectivity index (χ0) is 15.1. The van der Waals surface area contributed by atoms with Crippen LogP contribution >= 0.6 is 15.9 Å². The van der Waals surface area contributed by atoms with Gasteiger partial charge < -0.3 is 10.1 Å². The molecule has 1 aliphatic carbocycles. The third-order valence-corrected chi connectivity index (χ3v) is 4.98. The van der Waals surface area contributed by atoms with Gasteiger partial charge >= 0.3 is 0 Å². The zero-order valence-corrected chi connectivity index (χ0v) is 14.9. The SMILES string of the molecule is CCCNC1CCCCCC1c1c(Br)cnn1CCOC. The van der Waals surface area contributed by atoms with Crippen LogP contribution in [0.15, 0.2) is 10.7 Å². The van der Waals surface area contributed by atoms with Crippen molar-refractivity contribution < 1.29 is 4.74 Å². The Morgan fingerprint density at radius 1 is 1.38 bits per heavy atom. The van der Waals surface area contributed by atoms with Crippen molar-refractivity contribution >= 4 is 15.9 Å². The van der Waals surface area contributed by atoms with Crippen LogP contribution in [0.25, 0.3) is 0 Å². The van der Waals surface area contributed by atoms with Gasteiger partial charge in [0.1, 0.15) is 0 Å². The monoisotopic (exact) mass is 357 g/mol. The third kappa shape index (κ3) is 4.54. The predicted molar refractivity (Wildman–Crippen MR) is 89.7 cm³/mol. The van der Waals surface area contributed by atoms with Crippen molar-refractivity contribution in [2.75, 3.05) is 20.3 Å². The molecule has 5 heteroatoms. The Labute approximate surface area is 136 Å². The van der Waals surface area contributed by atoms with Gasteiger partial charge in [-0.15, -0.1) is 0 Å². The van der Waals surface area contributed by atoms with Gasteiger partial charge in [-0.3, -0.25) is 4.68 Å². The van der Waals surface area contributed by atoms with E-state index in [1.165, 1.54) is 44.2 Å². The van der Waals surface area contributed by atoms with E-state index in [9.17, 15) is 0 Å². The van der Waals surface area contributed by atoms with Crippen molar-refractivity contribution in [3.05, 3.63) is 16.4 Å². The lowest BCUT2D eigenvalue weighted by Crippen LogP contribution is -2.36. The van der Waals surface area contributed by atoms with Gasteiger partial charge in [0.05, 0.1) is 29.5 Å². The third-order valence-electron chi connectivity index (χ3n) is 4.36. The molecule has 1 saturated carbocycles. The Bertz CT molecular complexity index is 422. The molecule has 2 atom stereocenters. The van der Waals surface area contributed by atoms with Crippen LogP contribution in [-0.4, -0.2) is 36.1 Å². The summed E-state index contributed by atoms with van der Waals surface area (Å²) in [6, 6.07) is 0.571. The summed E-state index contributed by atoms with van der Waals surface area (Å²) in [6.45, 7) is 4.87. The minimum Gasteiger partial charge on any atom is -0.383 e.